The lowest BCUT2D eigenvalue weighted by Crippen LogP contribution is -1.91. The molecule has 0 saturated heterocycles. The molecule has 3 aromatic rings. The van der Waals surface area contributed by atoms with Crippen LogP contribution in [0.2, 0.25) is 0 Å². The van der Waals surface area contributed by atoms with Crippen LogP contribution in [0.5, 0.6) is 11.5 Å². The molecule has 0 radical (unpaired) electrons. The van der Waals surface area contributed by atoms with Gasteiger partial charge in [0.05, 0.1) is 30.8 Å². The van der Waals surface area contributed by atoms with Crippen molar-refractivity contribution >= 4 is 11.0 Å². The lowest BCUT2D eigenvalue weighted by atomic mass is 10.1. The molecular formula is C17H18N2O2. The summed E-state index contributed by atoms with van der Waals surface area (Å²) in [7, 11) is 3.31. The Kier molecular flexibility index (Phi) is 3.52. The number of imidazole rings is 1. The maximum atomic E-state index is 5.42. The maximum Gasteiger partial charge on any atom is 0.142 e. The van der Waals surface area contributed by atoms with Crippen LogP contribution in [0.4, 0.5) is 0 Å². The Morgan fingerprint density at radius 2 is 1.90 bits per heavy atom. The van der Waals surface area contributed by atoms with Crippen LogP contribution in [0, 0.1) is 0 Å². The van der Waals surface area contributed by atoms with Crippen molar-refractivity contribution in [3.63, 3.8) is 0 Å². The monoisotopic (exact) mass is 282 g/mol. The van der Waals surface area contributed by atoms with Crippen molar-refractivity contribution in [1.29, 1.82) is 0 Å². The molecule has 0 aliphatic carbocycles. The Bertz CT molecular complexity index is 778. The molecule has 0 aliphatic rings. The number of ether oxygens (including phenoxy) is 2. The van der Waals surface area contributed by atoms with Crippen molar-refractivity contribution < 1.29 is 9.47 Å². The van der Waals surface area contributed by atoms with E-state index < -0.39 is 0 Å². The number of hydrogen-bond acceptors (Lipinski definition) is 3. The fourth-order valence-corrected chi connectivity index (χ4v) is 2.40. The van der Waals surface area contributed by atoms with E-state index in [1.165, 1.54) is 5.56 Å². The smallest absolute Gasteiger partial charge is 0.142 e. The summed E-state index contributed by atoms with van der Waals surface area (Å²) in [5.41, 5.74) is 4.17. The minimum absolute atomic E-state index is 0.769. The number of hydrogen-bond donors (Lipinski definition) is 1. The molecule has 3 rings (SSSR count). The summed E-state index contributed by atoms with van der Waals surface area (Å²) in [5, 5.41) is 0. The molecule has 4 nitrogen and oxygen atoms in total. The van der Waals surface area contributed by atoms with Gasteiger partial charge in [-0.05, 0) is 42.3 Å². The highest BCUT2D eigenvalue weighted by Crippen LogP contribution is 2.32. The number of nitrogens with zero attached hydrogens (tertiary/aromatic N) is 1. The summed E-state index contributed by atoms with van der Waals surface area (Å²) < 4.78 is 10.7. The van der Waals surface area contributed by atoms with Gasteiger partial charge in [0.1, 0.15) is 17.3 Å². The zero-order valence-electron chi connectivity index (χ0n) is 12.4. The van der Waals surface area contributed by atoms with Gasteiger partial charge in [-0.2, -0.15) is 0 Å². The van der Waals surface area contributed by atoms with E-state index in [0.29, 0.717) is 0 Å². The van der Waals surface area contributed by atoms with Crippen LogP contribution in [0.3, 0.4) is 0 Å². The highest BCUT2D eigenvalue weighted by atomic mass is 16.5. The lowest BCUT2D eigenvalue weighted by Gasteiger charge is -2.08. The van der Waals surface area contributed by atoms with E-state index in [9.17, 15) is 0 Å². The van der Waals surface area contributed by atoms with E-state index in [2.05, 4.69) is 29.0 Å². The standard InChI is InChI=1S/C17H18N2O2/c1-4-11-5-7-14-15(9-11)19-17(18-14)13-10-12(20-2)6-8-16(13)21-3/h5-10H,4H2,1-3H3,(H,18,19). The van der Waals surface area contributed by atoms with E-state index in [1.54, 1.807) is 14.2 Å². The summed E-state index contributed by atoms with van der Waals surface area (Å²) >= 11 is 0. The molecule has 0 atom stereocenters. The van der Waals surface area contributed by atoms with Gasteiger partial charge in [-0.1, -0.05) is 13.0 Å². The average molecular weight is 282 g/mol. The first-order valence-corrected chi connectivity index (χ1v) is 6.96. The zero-order valence-corrected chi connectivity index (χ0v) is 12.4. The first-order valence-electron chi connectivity index (χ1n) is 6.96. The normalized spacial score (nSPS) is 10.8. The zero-order chi connectivity index (χ0) is 14.8. The van der Waals surface area contributed by atoms with E-state index >= 15 is 0 Å². The fraction of sp³-hybridized carbons (Fsp3) is 0.235. The number of methoxy groups -OCH3 is 2. The molecule has 0 bridgehead atoms. The lowest BCUT2D eigenvalue weighted by molar-refractivity contribution is 0.404. The Labute approximate surface area is 123 Å². The molecule has 0 amide bonds. The molecule has 4 heteroatoms. The Balaban J connectivity index is 2.15. The summed E-state index contributed by atoms with van der Waals surface area (Å²) in [6.07, 6.45) is 1.01. The van der Waals surface area contributed by atoms with Crippen LogP contribution < -0.4 is 9.47 Å². The molecule has 1 N–H and O–H groups in total. The van der Waals surface area contributed by atoms with Gasteiger partial charge in [0.25, 0.3) is 0 Å². The van der Waals surface area contributed by atoms with Gasteiger partial charge in [-0.25, -0.2) is 4.98 Å². The fourth-order valence-electron chi connectivity index (χ4n) is 2.40. The molecule has 0 unspecified atom stereocenters. The van der Waals surface area contributed by atoms with Gasteiger partial charge >= 0.3 is 0 Å². The number of aromatic amines is 1. The van der Waals surface area contributed by atoms with Crippen molar-refractivity contribution in [3.8, 4) is 22.9 Å². The number of aryl methyl sites for hydroxylation is 1. The second-order valence-corrected chi connectivity index (χ2v) is 4.86. The highest BCUT2D eigenvalue weighted by Gasteiger charge is 2.12. The predicted molar refractivity (Wildman–Crippen MR) is 84.0 cm³/mol. The number of nitrogens with one attached hydrogen (secondary N) is 1. The van der Waals surface area contributed by atoms with Gasteiger partial charge in [-0.3, -0.25) is 0 Å². The molecule has 0 aliphatic heterocycles. The number of benzene rings is 2. The van der Waals surface area contributed by atoms with Crippen LogP contribution in [0.1, 0.15) is 12.5 Å². The number of aromatic nitrogens is 2. The highest BCUT2D eigenvalue weighted by molar-refractivity contribution is 5.81. The first kappa shape index (κ1) is 13.5. The predicted octanol–water partition coefficient (Wildman–Crippen LogP) is 3.81. The van der Waals surface area contributed by atoms with Gasteiger partial charge in [0.2, 0.25) is 0 Å². The number of rotatable bonds is 4. The Morgan fingerprint density at radius 3 is 2.62 bits per heavy atom. The van der Waals surface area contributed by atoms with Crippen molar-refractivity contribution in [3.05, 3.63) is 42.0 Å². The summed E-state index contributed by atoms with van der Waals surface area (Å²) in [4.78, 5) is 8.02. The summed E-state index contributed by atoms with van der Waals surface area (Å²) in [5.74, 6) is 2.33. The average Bonchev–Trinajstić information content (AvgIpc) is 2.96. The molecule has 1 aromatic heterocycles. The van der Waals surface area contributed by atoms with Gasteiger partial charge in [-0.15, -0.1) is 0 Å². The molecular weight excluding hydrogens is 264 g/mol. The van der Waals surface area contributed by atoms with Crippen molar-refractivity contribution in [1.82, 2.24) is 9.97 Å². The van der Waals surface area contributed by atoms with Crippen LogP contribution >= 0.6 is 0 Å². The van der Waals surface area contributed by atoms with Crippen LogP contribution in [-0.4, -0.2) is 24.2 Å². The van der Waals surface area contributed by atoms with Crippen molar-refractivity contribution in [2.24, 2.45) is 0 Å². The maximum absolute atomic E-state index is 5.42. The van der Waals surface area contributed by atoms with E-state index in [-0.39, 0.29) is 0 Å². The van der Waals surface area contributed by atoms with Gasteiger partial charge < -0.3 is 14.5 Å². The van der Waals surface area contributed by atoms with Gasteiger partial charge in [0, 0.05) is 0 Å². The summed E-state index contributed by atoms with van der Waals surface area (Å²) in [6.45, 7) is 2.14. The molecule has 0 spiro atoms. The third-order valence-electron chi connectivity index (χ3n) is 3.62. The second-order valence-electron chi connectivity index (χ2n) is 4.86. The third kappa shape index (κ3) is 2.44. The molecule has 21 heavy (non-hydrogen) atoms. The largest absolute Gasteiger partial charge is 0.497 e. The molecule has 0 saturated carbocycles. The second kappa shape index (κ2) is 5.48. The quantitative estimate of drug-likeness (QED) is 0.791. The summed E-state index contributed by atoms with van der Waals surface area (Å²) in [6, 6.07) is 12.0. The van der Waals surface area contributed by atoms with Crippen LogP contribution in [0.25, 0.3) is 22.4 Å². The Hall–Kier alpha value is -2.49. The minimum Gasteiger partial charge on any atom is -0.497 e. The molecule has 0 fully saturated rings. The van der Waals surface area contributed by atoms with E-state index in [1.807, 2.05) is 24.3 Å². The van der Waals surface area contributed by atoms with Crippen molar-refractivity contribution in [2.45, 2.75) is 13.3 Å². The first-order chi connectivity index (χ1) is 10.2. The molecule has 1 heterocycles. The van der Waals surface area contributed by atoms with E-state index in [4.69, 9.17) is 9.47 Å². The Morgan fingerprint density at radius 1 is 1.05 bits per heavy atom. The third-order valence-corrected chi connectivity index (χ3v) is 3.62. The SMILES string of the molecule is CCc1ccc2nc(-c3cc(OC)ccc3OC)[nH]c2c1. The number of fused-ring (bicyclic) bond motifs is 1. The van der Waals surface area contributed by atoms with Crippen LogP contribution in [0.15, 0.2) is 36.4 Å². The van der Waals surface area contributed by atoms with Gasteiger partial charge in [0.15, 0.2) is 0 Å². The molecule has 108 valence electrons. The van der Waals surface area contributed by atoms with E-state index in [0.717, 1.165) is 40.3 Å². The minimum atomic E-state index is 0.769. The van der Waals surface area contributed by atoms with Crippen molar-refractivity contribution in [2.75, 3.05) is 14.2 Å². The number of H-pyrrole nitrogens is 1. The topological polar surface area (TPSA) is 47.1 Å². The molecule has 2 aromatic carbocycles. The van der Waals surface area contributed by atoms with Crippen LogP contribution in [-0.2, 0) is 6.42 Å².